The summed E-state index contributed by atoms with van der Waals surface area (Å²) in [5.41, 5.74) is 1.40. The van der Waals surface area contributed by atoms with Gasteiger partial charge in [-0.3, -0.25) is 19.8 Å². The van der Waals surface area contributed by atoms with Crippen LogP contribution in [0.15, 0.2) is 42.5 Å². The van der Waals surface area contributed by atoms with Gasteiger partial charge in [-0.1, -0.05) is 43.6 Å². The molecule has 0 saturated heterocycles. The van der Waals surface area contributed by atoms with Crippen LogP contribution in [0.1, 0.15) is 35.8 Å². The second kappa shape index (κ2) is 10.1. The Kier molecular flexibility index (Phi) is 7.78. The number of anilines is 1. The summed E-state index contributed by atoms with van der Waals surface area (Å²) >= 11 is 6.38. The Morgan fingerprint density at radius 3 is 2.46 bits per heavy atom. The maximum Gasteiger partial charge on any atom is 0.293 e. The Hall–Kier alpha value is -2.64. The molecule has 0 fully saturated rings. The van der Waals surface area contributed by atoms with Crippen molar-refractivity contribution >= 4 is 28.9 Å². The predicted molar refractivity (Wildman–Crippen MR) is 112 cm³/mol. The van der Waals surface area contributed by atoms with Crippen molar-refractivity contribution < 1.29 is 9.72 Å². The highest BCUT2D eigenvalue weighted by atomic mass is 35.5. The number of nitrogens with zero attached hydrogens (tertiary/aromatic N) is 2. The molecule has 28 heavy (non-hydrogen) atoms. The maximum absolute atomic E-state index is 12.6. The molecule has 8 heteroatoms. The molecule has 2 N–H and O–H groups in total. The Morgan fingerprint density at radius 2 is 1.89 bits per heavy atom. The monoisotopic (exact) mass is 404 g/mol. The smallest absolute Gasteiger partial charge is 0.293 e. The van der Waals surface area contributed by atoms with Crippen LogP contribution in [-0.4, -0.2) is 42.4 Å². The van der Waals surface area contributed by atoms with Crippen LogP contribution in [-0.2, 0) is 0 Å². The zero-order valence-electron chi connectivity index (χ0n) is 16.2. The largest absolute Gasteiger partial charge is 0.383 e. The number of likely N-dealkylation sites (N-methyl/N-ethyl adjacent to an activating group) is 1. The van der Waals surface area contributed by atoms with Crippen molar-refractivity contribution in [3.63, 3.8) is 0 Å². The van der Waals surface area contributed by atoms with Gasteiger partial charge < -0.3 is 10.6 Å². The molecule has 2 aromatic carbocycles. The molecule has 1 unspecified atom stereocenters. The number of amides is 1. The minimum Gasteiger partial charge on any atom is -0.383 e. The Labute approximate surface area is 169 Å². The predicted octanol–water partition coefficient (Wildman–Crippen LogP) is 4.10. The number of rotatable bonds is 9. The van der Waals surface area contributed by atoms with Crippen LogP contribution < -0.4 is 10.6 Å². The van der Waals surface area contributed by atoms with Crippen LogP contribution in [0.3, 0.4) is 0 Å². The second-order valence-corrected chi connectivity index (χ2v) is 6.61. The summed E-state index contributed by atoms with van der Waals surface area (Å²) < 4.78 is 0. The van der Waals surface area contributed by atoms with Gasteiger partial charge in [-0.2, -0.15) is 0 Å². The van der Waals surface area contributed by atoms with Gasteiger partial charge in [-0.25, -0.2) is 0 Å². The zero-order chi connectivity index (χ0) is 20.7. The van der Waals surface area contributed by atoms with Gasteiger partial charge in [0.2, 0.25) is 0 Å². The molecule has 0 spiro atoms. The van der Waals surface area contributed by atoms with E-state index in [4.69, 9.17) is 11.6 Å². The van der Waals surface area contributed by atoms with Crippen LogP contribution in [0.5, 0.6) is 0 Å². The molecule has 0 saturated carbocycles. The fourth-order valence-corrected chi connectivity index (χ4v) is 3.43. The summed E-state index contributed by atoms with van der Waals surface area (Å²) in [6, 6.07) is 11.8. The molecule has 0 heterocycles. The fraction of sp³-hybridized carbons (Fsp3) is 0.350. The van der Waals surface area contributed by atoms with Crippen molar-refractivity contribution in [2.24, 2.45) is 0 Å². The van der Waals surface area contributed by atoms with Crippen LogP contribution in [0.25, 0.3) is 0 Å². The highest BCUT2D eigenvalue weighted by molar-refractivity contribution is 6.31. The van der Waals surface area contributed by atoms with Crippen molar-refractivity contribution in [3.8, 4) is 0 Å². The van der Waals surface area contributed by atoms with E-state index in [-0.39, 0.29) is 23.2 Å². The van der Waals surface area contributed by atoms with Crippen molar-refractivity contribution in [2.75, 3.05) is 32.0 Å². The van der Waals surface area contributed by atoms with Crippen LogP contribution in [0.4, 0.5) is 11.4 Å². The third-order valence-corrected chi connectivity index (χ3v) is 5.04. The first kappa shape index (κ1) is 21.7. The SMILES string of the molecule is CCN(CC)C(CNC(=O)c1ccc(NC)c([N+](=O)[O-])c1)c1ccccc1Cl. The highest BCUT2D eigenvalue weighted by Crippen LogP contribution is 2.28. The van der Waals surface area contributed by atoms with E-state index >= 15 is 0 Å². The standard InChI is InChI=1S/C20H25ClN4O3/c1-4-24(5-2)19(15-8-6-7-9-16(15)21)13-23-20(26)14-10-11-17(22-3)18(12-14)25(27)28/h6-12,19,22H,4-5,13H2,1-3H3,(H,23,26). The van der Waals surface area contributed by atoms with Crippen LogP contribution in [0, 0.1) is 10.1 Å². The molecule has 0 aliphatic carbocycles. The van der Waals surface area contributed by atoms with Crippen molar-refractivity contribution in [2.45, 2.75) is 19.9 Å². The van der Waals surface area contributed by atoms with E-state index in [2.05, 4.69) is 29.4 Å². The van der Waals surface area contributed by atoms with Gasteiger partial charge >= 0.3 is 0 Å². The molecule has 0 aliphatic heterocycles. The molecule has 1 atom stereocenters. The number of nitro groups is 1. The summed E-state index contributed by atoms with van der Waals surface area (Å²) in [6.07, 6.45) is 0. The van der Waals surface area contributed by atoms with Crippen molar-refractivity contribution in [1.29, 1.82) is 0 Å². The molecule has 0 bridgehead atoms. The molecule has 0 radical (unpaired) electrons. The van der Waals surface area contributed by atoms with Gasteiger partial charge in [-0.05, 0) is 36.9 Å². The van der Waals surface area contributed by atoms with E-state index in [0.717, 1.165) is 18.7 Å². The van der Waals surface area contributed by atoms with E-state index in [1.807, 2.05) is 24.3 Å². The average Bonchev–Trinajstić information content (AvgIpc) is 2.71. The lowest BCUT2D eigenvalue weighted by Gasteiger charge is -2.31. The minimum absolute atomic E-state index is 0.0979. The van der Waals surface area contributed by atoms with Crippen LogP contribution in [0.2, 0.25) is 5.02 Å². The summed E-state index contributed by atoms with van der Waals surface area (Å²) in [4.78, 5) is 25.6. The summed E-state index contributed by atoms with van der Waals surface area (Å²) in [5, 5.41) is 17.5. The fourth-order valence-electron chi connectivity index (χ4n) is 3.17. The molecular weight excluding hydrogens is 380 g/mol. The lowest BCUT2D eigenvalue weighted by molar-refractivity contribution is -0.384. The van der Waals surface area contributed by atoms with E-state index < -0.39 is 4.92 Å². The van der Waals surface area contributed by atoms with E-state index in [9.17, 15) is 14.9 Å². The van der Waals surface area contributed by atoms with Crippen molar-refractivity contribution in [1.82, 2.24) is 10.2 Å². The Balaban J connectivity index is 2.23. The number of hydrogen-bond acceptors (Lipinski definition) is 5. The van der Waals surface area contributed by atoms with Gasteiger partial charge in [0.1, 0.15) is 5.69 Å². The maximum atomic E-state index is 12.6. The van der Waals surface area contributed by atoms with Crippen molar-refractivity contribution in [3.05, 3.63) is 68.7 Å². The molecule has 7 nitrogen and oxygen atoms in total. The first-order valence-corrected chi connectivity index (χ1v) is 9.53. The number of nitrogens with one attached hydrogen (secondary N) is 2. The summed E-state index contributed by atoms with van der Waals surface area (Å²) in [7, 11) is 1.60. The number of carbonyl (C=O) groups excluding carboxylic acids is 1. The van der Waals surface area contributed by atoms with Gasteiger partial charge in [-0.15, -0.1) is 0 Å². The van der Waals surface area contributed by atoms with Gasteiger partial charge in [0.15, 0.2) is 0 Å². The van der Waals surface area contributed by atoms with Gasteiger partial charge in [0.05, 0.1) is 11.0 Å². The third-order valence-electron chi connectivity index (χ3n) is 4.70. The number of halogens is 1. The normalized spacial score (nSPS) is 11.9. The average molecular weight is 405 g/mol. The molecular formula is C20H25ClN4O3. The Bertz CT molecular complexity index is 840. The number of nitro benzene ring substituents is 1. The van der Waals surface area contributed by atoms with E-state index in [1.165, 1.54) is 12.1 Å². The Morgan fingerprint density at radius 1 is 1.21 bits per heavy atom. The highest BCUT2D eigenvalue weighted by Gasteiger charge is 2.22. The van der Waals surface area contributed by atoms with E-state index in [0.29, 0.717) is 17.3 Å². The lowest BCUT2D eigenvalue weighted by Crippen LogP contribution is -2.38. The van der Waals surface area contributed by atoms with E-state index in [1.54, 1.807) is 13.1 Å². The number of hydrogen-bond donors (Lipinski definition) is 2. The number of carbonyl (C=O) groups is 1. The van der Waals surface area contributed by atoms with Gasteiger partial charge in [0.25, 0.3) is 11.6 Å². The van der Waals surface area contributed by atoms with Crippen LogP contribution >= 0.6 is 11.6 Å². The molecule has 1 amide bonds. The summed E-state index contributed by atoms with van der Waals surface area (Å²) in [5.74, 6) is -0.366. The molecule has 150 valence electrons. The topological polar surface area (TPSA) is 87.5 Å². The molecule has 0 aromatic heterocycles. The first-order valence-electron chi connectivity index (χ1n) is 9.15. The quantitative estimate of drug-likeness (QED) is 0.485. The molecule has 0 aliphatic rings. The third kappa shape index (κ3) is 4.99. The molecule has 2 aromatic rings. The summed E-state index contributed by atoms with van der Waals surface area (Å²) in [6.45, 7) is 6.03. The first-order chi connectivity index (χ1) is 13.4. The molecule has 2 rings (SSSR count). The zero-order valence-corrected chi connectivity index (χ0v) is 17.0. The second-order valence-electron chi connectivity index (χ2n) is 6.21. The lowest BCUT2D eigenvalue weighted by atomic mass is 10.0. The number of benzene rings is 2. The minimum atomic E-state index is -0.509. The van der Waals surface area contributed by atoms with Gasteiger partial charge in [0, 0.05) is 30.2 Å².